The lowest BCUT2D eigenvalue weighted by Crippen LogP contribution is -2.38. The summed E-state index contributed by atoms with van der Waals surface area (Å²) in [5.41, 5.74) is 4.79. The molecule has 0 unspecified atom stereocenters. The highest BCUT2D eigenvalue weighted by atomic mass is 32.2. The van der Waals surface area contributed by atoms with Gasteiger partial charge in [0.05, 0.1) is 19.3 Å². The van der Waals surface area contributed by atoms with Gasteiger partial charge in [0.15, 0.2) is 5.03 Å². The number of hydrogen-bond donors (Lipinski definition) is 2. The van der Waals surface area contributed by atoms with E-state index in [1.807, 2.05) is 0 Å². The summed E-state index contributed by atoms with van der Waals surface area (Å²) in [4.78, 5) is 22.6. The third kappa shape index (κ3) is 3.33. The molecule has 0 atom stereocenters. The van der Waals surface area contributed by atoms with Crippen molar-refractivity contribution in [2.24, 2.45) is 5.73 Å². The first kappa shape index (κ1) is 16.1. The molecule has 0 aliphatic carbocycles. The van der Waals surface area contributed by atoms with E-state index in [-0.39, 0.29) is 18.7 Å². The predicted octanol–water partition coefficient (Wildman–Crippen LogP) is -0.918. The molecule has 9 nitrogen and oxygen atoms in total. The lowest BCUT2D eigenvalue weighted by molar-refractivity contribution is -0.118. The molecule has 20 heavy (non-hydrogen) atoms. The fraction of sp³-hybridized carbons (Fsp3) is 0.500. The van der Waals surface area contributed by atoms with Crippen molar-refractivity contribution in [1.82, 2.24) is 14.5 Å². The van der Waals surface area contributed by atoms with Crippen LogP contribution < -0.4 is 5.73 Å². The molecule has 0 aromatic carbocycles. The molecule has 0 radical (unpaired) electrons. The molecule has 0 bridgehead atoms. The number of aromatic amines is 1. The Morgan fingerprint density at radius 1 is 1.45 bits per heavy atom. The van der Waals surface area contributed by atoms with Gasteiger partial charge in [-0.05, 0) is 6.92 Å². The molecule has 3 N–H and O–H groups in total. The van der Waals surface area contributed by atoms with Crippen LogP contribution in [-0.4, -0.2) is 54.5 Å². The highest BCUT2D eigenvalue weighted by molar-refractivity contribution is 7.89. The molecular weight excluding hydrogens is 288 g/mol. The van der Waals surface area contributed by atoms with Crippen molar-refractivity contribution in [1.29, 1.82) is 0 Å². The maximum Gasteiger partial charge on any atom is 0.342 e. The van der Waals surface area contributed by atoms with Gasteiger partial charge in [0.25, 0.3) is 10.0 Å². The van der Waals surface area contributed by atoms with Crippen LogP contribution in [-0.2, 0) is 19.6 Å². The molecule has 1 amide bonds. The Balaban J connectivity index is 3.19. The summed E-state index contributed by atoms with van der Waals surface area (Å²) in [6.07, 6.45) is 1.06. The molecule has 1 heterocycles. The summed E-state index contributed by atoms with van der Waals surface area (Å²) >= 11 is 0. The standard InChI is InChI=1S/C10H16N4O5S/c1-3-14(6-8(11)15)20(17,18)9-7(5-12-13-9)10(16)19-4-2/h5H,3-4,6H2,1-2H3,(H2,11,15)(H,12,13). The van der Waals surface area contributed by atoms with Gasteiger partial charge in [0, 0.05) is 6.54 Å². The first-order valence-corrected chi connectivity index (χ1v) is 7.27. The van der Waals surface area contributed by atoms with Crippen LogP contribution in [0.3, 0.4) is 0 Å². The average molecular weight is 304 g/mol. The lowest BCUT2D eigenvalue weighted by Gasteiger charge is -2.18. The van der Waals surface area contributed by atoms with Crippen LogP contribution in [0.4, 0.5) is 0 Å². The summed E-state index contributed by atoms with van der Waals surface area (Å²) in [6.45, 7) is 2.77. The van der Waals surface area contributed by atoms with E-state index in [1.165, 1.54) is 0 Å². The minimum absolute atomic E-state index is 0.0204. The van der Waals surface area contributed by atoms with Crippen LogP contribution in [0.15, 0.2) is 11.2 Å². The van der Waals surface area contributed by atoms with Crippen LogP contribution in [0.5, 0.6) is 0 Å². The Kier molecular flexibility index (Phi) is 5.22. The van der Waals surface area contributed by atoms with E-state index in [1.54, 1.807) is 13.8 Å². The second-order valence-electron chi connectivity index (χ2n) is 3.73. The number of rotatable bonds is 7. The van der Waals surface area contributed by atoms with Crippen molar-refractivity contribution >= 4 is 21.9 Å². The number of amides is 1. The zero-order valence-corrected chi connectivity index (χ0v) is 11.9. The summed E-state index contributed by atoms with van der Waals surface area (Å²) in [5, 5.41) is 5.36. The topological polar surface area (TPSA) is 135 Å². The number of nitrogens with zero attached hydrogens (tertiary/aromatic N) is 2. The maximum absolute atomic E-state index is 12.3. The molecule has 0 saturated carbocycles. The quantitative estimate of drug-likeness (QED) is 0.625. The number of nitrogens with one attached hydrogen (secondary N) is 1. The number of ether oxygens (including phenoxy) is 1. The fourth-order valence-electron chi connectivity index (χ4n) is 1.49. The number of carbonyl (C=O) groups excluding carboxylic acids is 2. The minimum Gasteiger partial charge on any atom is -0.462 e. The molecule has 0 aliphatic heterocycles. The first-order valence-electron chi connectivity index (χ1n) is 5.83. The second kappa shape index (κ2) is 6.48. The van der Waals surface area contributed by atoms with Crippen LogP contribution in [0.2, 0.25) is 0 Å². The monoisotopic (exact) mass is 304 g/mol. The number of likely N-dealkylation sites (N-methyl/N-ethyl adjacent to an activating group) is 1. The van der Waals surface area contributed by atoms with E-state index in [0.29, 0.717) is 0 Å². The van der Waals surface area contributed by atoms with Gasteiger partial charge in [-0.3, -0.25) is 9.89 Å². The number of sulfonamides is 1. The van der Waals surface area contributed by atoms with Crippen LogP contribution >= 0.6 is 0 Å². The number of primary amides is 1. The largest absolute Gasteiger partial charge is 0.462 e. The molecule has 1 rings (SSSR count). The summed E-state index contributed by atoms with van der Waals surface area (Å²) in [7, 11) is -4.08. The molecule has 0 fully saturated rings. The number of aromatic nitrogens is 2. The van der Waals surface area contributed by atoms with Crippen molar-refractivity contribution < 1.29 is 22.7 Å². The zero-order valence-electron chi connectivity index (χ0n) is 11.1. The smallest absolute Gasteiger partial charge is 0.342 e. The predicted molar refractivity (Wildman–Crippen MR) is 68.2 cm³/mol. The highest BCUT2D eigenvalue weighted by Gasteiger charge is 2.31. The summed E-state index contributed by atoms with van der Waals surface area (Å²) < 4.78 is 30.2. The van der Waals surface area contributed by atoms with Crippen molar-refractivity contribution in [2.45, 2.75) is 18.9 Å². The second-order valence-corrected chi connectivity index (χ2v) is 5.61. The van der Waals surface area contributed by atoms with Gasteiger partial charge in [-0.2, -0.15) is 9.40 Å². The molecule has 1 aromatic heterocycles. The third-order valence-corrected chi connectivity index (χ3v) is 4.28. The molecule has 1 aromatic rings. The van der Waals surface area contributed by atoms with Gasteiger partial charge < -0.3 is 10.5 Å². The maximum atomic E-state index is 12.3. The van der Waals surface area contributed by atoms with Gasteiger partial charge >= 0.3 is 5.97 Å². The van der Waals surface area contributed by atoms with E-state index >= 15 is 0 Å². The molecule has 0 aliphatic rings. The summed E-state index contributed by atoms with van der Waals surface area (Å²) in [5.74, 6) is -1.61. The Morgan fingerprint density at radius 3 is 2.60 bits per heavy atom. The molecule has 10 heteroatoms. The molecule has 0 spiro atoms. The van der Waals surface area contributed by atoms with Crippen LogP contribution in [0, 0.1) is 0 Å². The van der Waals surface area contributed by atoms with Gasteiger partial charge in [-0.25, -0.2) is 13.2 Å². The van der Waals surface area contributed by atoms with Crippen molar-refractivity contribution in [3.8, 4) is 0 Å². The van der Waals surface area contributed by atoms with Crippen molar-refractivity contribution in [2.75, 3.05) is 19.7 Å². The van der Waals surface area contributed by atoms with Gasteiger partial charge in [-0.1, -0.05) is 6.92 Å². The molecular formula is C10H16N4O5S. The van der Waals surface area contributed by atoms with E-state index in [4.69, 9.17) is 10.5 Å². The number of H-pyrrole nitrogens is 1. The summed E-state index contributed by atoms with van der Waals surface area (Å²) in [6, 6.07) is 0. The van der Waals surface area contributed by atoms with E-state index in [0.717, 1.165) is 10.5 Å². The normalized spacial score (nSPS) is 11.6. The molecule has 0 saturated heterocycles. The lowest BCUT2D eigenvalue weighted by atomic mass is 10.4. The van der Waals surface area contributed by atoms with Gasteiger partial charge in [0.1, 0.15) is 5.56 Å². The van der Waals surface area contributed by atoms with Gasteiger partial charge in [0.2, 0.25) is 5.91 Å². The van der Waals surface area contributed by atoms with E-state index in [2.05, 4.69) is 10.2 Å². The Bertz CT molecular complexity index is 595. The van der Waals surface area contributed by atoms with Crippen LogP contribution in [0.1, 0.15) is 24.2 Å². The number of nitrogens with two attached hydrogens (primary N) is 1. The number of hydrogen-bond acceptors (Lipinski definition) is 6. The van der Waals surface area contributed by atoms with Crippen molar-refractivity contribution in [3.63, 3.8) is 0 Å². The molecule has 112 valence electrons. The zero-order chi connectivity index (χ0) is 15.3. The van der Waals surface area contributed by atoms with E-state index in [9.17, 15) is 18.0 Å². The van der Waals surface area contributed by atoms with E-state index < -0.39 is 33.5 Å². The fourth-order valence-corrected chi connectivity index (χ4v) is 2.97. The Morgan fingerprint density at radius 2 is 2.10 bits per heavy atom. The highest BCUT2D eigenvalue weighted by Crippen LogP contribution is 2.18. The number of esters is 1. The number of carbonyl (C=O) groups is 2. The third-order valence-electron chi connectivity index (χ3n) is 2.38. The Labute approximate surface area is 116 Å². The van der Waals surface area contributed by atoms with Gasteiger partial charge in [-0.15, -0.1) is 0 Å². The minimum atomic E-state index is -4.08. The SMILES string of the molecule is CCOC(=O)c1cn[nH]c1S(=O)(=O)N(CC)CC(N)=O. The first-order chi connectivity index (χ1) is 9.34. The Hall–Kier alpha value is -1.94. The average Bonchev–Trinajstić information content (AvgIpc) is 2.85. The van der Waals surface area contributed by atoms with Crippen LogP contribution in [0.25, 0.3) is 0 Å². The van der Waals surface area contributed by atoms with Crippen molar-refractivity contribution in [3.05, 3.63) is 11.8 Å².